The molecule has 0 aliphatic carbocycles. The van der Waals surface area contributed by atoms with Gasteiger partial charge in [0.05, 0.1) is 0 Å². The number of nitrogens with zero attached hydrogens (tertiary/aromatic N) is 2. The van der Waals surface area contributed by atoms with Crippen LogP contribution in [0.4, 0.5) is 4.79 Å². The second-order valence-corrected chi connectivity index (χ2v) is 5.41. The van der Waals surface area contributed by atoms with E-state index in [0.717, 1.165) is 0 Å². The van der Waals surface area contributed by atoms with Crippen LogP contribution < -0.4 is 5.32 Å². The molecule has 2 amide bonds. The summed E-state index contributed by atoms with van der Waals surface area (Å²) in [6.45, 7) is 2.30. The molecule has 0 aromatic heterocycles. The minimum Gasteiger partial charge on any atom is -0.385 e. The average molecular weight is 275 g/mol. The number of nitrogens with one attached hydrogen (secondary N) is 1. The first-order valence-corrected chi connectivity index (χ1v) is 6.19. The lowest BCUT2D eigenvalue weighted by atomic mass is 10.1. The van der Waals surface area contributed by atoms with Gasteiger partial charge in [0.1, 0.15) is 4.75 Å². The molecule has 18 heavy (non-hydrogen) atoms. The van der Waals surface area contributed by atoms with Crippen molar-refractivity contribution in [2.75, 3.05) is 27.8 Å². The first-order valence-electron chi connectivity index (χ1n) is 5.37. The Bertz CT molecular complexity index is 374. The molecule has 0 saturated carbocycles. The van der Waals surface area contributed by atoms with E-state index in [1.807, 2.05) is 6.92 Å². The van der Waals surface area contributed by atoms with Gasteiger partial charge >= 0.3 is 6.09 Å². The van der Waals surface area contributed by atoms with Gasteiger partial charge in [-0.2, -0.15) is 0 Å². The summed E-state index contributed by atoms with van der Waals surface area (Å²) in [6, 6.07) is 0. The standard InChI is InChI=1S/C10H17N3O4S/c1-10(5-6-16-4)7(14)13(3)8(18-10)12-17-9(15)11-2/h5-6H2,1-4H3,(H,11,15). The molecule has 7 nitrogen and oxygen atoms in total. The topological polar surface area (TPSA) is 80.2 Å². The molecule has 1 atom stereocenters. The minimum atomic E-state index is -0.672. The summed E-state index contributed by atoms with van der Waals surface area (Å²) in [5.41, 5.74) is 0. The van der Waals surface area contributed by atoms with Crippen LogP contribution in [-0.4, -0.2) is 54.6 Å². The van der Waals surface area contributed by atoms with Gasteiger partial charge in [0.15, 0.2) is 0 Å². The first-order chi connectivity index (χ1) is 8.44. The Hall–Kier alpha value is -1.28. The van der Waals surface area contributed by atoms with Crippen LogP contribution in [0.5, 0.6) is 0 Å². The Kier molecular flexibility index (Phi) is 4.97. The summed E-state index contributed by atoms with van der Waals surface area (Å²) in [5, 5.41) is 6.29. The van der Waals surface area contributed by atoms with Crippen LogP contribution in [-0.2, 0) is 14.4 Å². The molecule has 1 aliphatic rings. The summed E-state index contributed by atoms with van der Waals surface area (Å²) in [4.78, 5) is 28.9. The Morgan fingerprint density at radius 2 is 2.28 bits per heavy atom. The van der Waals surface area contributed by atoms with Crippen molar-refractivity contribution in [2.24, 2.45) is 5.16 Å². The molecule has 0 bridgehead atoms. The van der Waals surface area contributed by atoms with Crippen molar-refractivity contribution in [3.63, 3.8) is 0 Å². The molecule has 1 aliphatic heterocycles. The third-order valence-electron chi connectivity index (χ3n) is 2.55. The zero-order valence-electron chi connectivity index (χ0n) is 10.8. The van der Waals surface area contributed by atoms with E-state index in [2.05, 4.69) is 15.3 Å². The second-order valence-electron chi connectivity index (χ2n) is 3.94. The van der Waals surface area contributed by atoms with Gasteiger partial charge in [-0.15, -0.1) is 0 Å². The van der Waals surface area contributed by atoms with Crippen molar-refractivity contribution < 1.29 is 19.2 Å². The van der Waals surface area contributed by atoms with E-state index in [1.54, 1.807) is 14.2 Å². The van der Waals surface area contributed by atoms with Crippen LogP contribution >= 0.6 is 11.8 Å². The second kappa shape index (κ2) is 6.05. The average Bonchev–Trinajstić information content (AvgIpc) is 2.58. The van der Waals surface area contributed by atoms with E-state index in [0.29, 0.717) is 18.2 Å². The van der Waals surface area contributed by atoms with Gasteiger partial charge in [0.25, 0.3) is 0 Å². The van der Waals surface area contributed by atoms with Crippen molar-refractivity contribution in [3.8, 4) is 0 Å². The Balaban J connectivity index is 2.74. The first kappa shape index (κ1) is 14.8. The molecule has 0 spiro atoms. The summed E-state index contributed by atoms with van der Waals surface area (Å²) in [5.74, 6) is -0.0798. The molecule has 102 valence electrons. The fourth-order valence-electron chi connectivity index (χ4n) is 1.42. The van der Waals surface area contributed by atoms with Crippen LogP contribution in [0.3, 0.4) is 0 Å². The third-order valence-corrected chi connectivity index (χ3v) is 3.91. The van der Waals surface area contributed by atoms with E-state index < -0.39 is 10.8 Å². The quantitative estimate of drug-likeness (QED) is 0.601. The fourth-order valence-corrected chi connectivity index (χ4v) is 2.52. The van der Waals surface area contributed by atoms with Crippen LogP contribution in [0, 0.1) is 0 Å². The number of thioether (sulfide) groups is 1. The Labute approximate surface area is 110 Å². The number of hydrogen-bond donors (Lipinski definition) is 1. The number of amidine groups is 1. The molecule has 1 heterocycles. The third kappa shape index (κ3) is 3.14. The molecule has 1 rings (SSSR count). The van der Waals surface area contributed by atoms with Gasteiger partial charge in [-0.05, 0) is 18.5 Å². The number of carbonyl (C=O) groups excluding carboxylic acids is 2. The van der Waals surface area contributed by atoms with E-state index >= 15 is 0 Å². The van der Waals surface area contributed by atoms with Gasteiger partial charge in [0.2, 0.25) is 11.1 Å². The van der Waals surface area contributed by atoms with Gasteiger partial charge < -0.3 is 10.1 Å². The van der Waals surface area contributed by atoms with E-state index in [1.165, 1.54) is 23.7 Å². The smallest absolute Gasteiger partial charge is 0.385 e. The number of hydrogen-bond acceptors (Lipinski definition) is 6. The fraction of sp³-hybridized carbons (Fsp3) is 0.700. The maximum absolute atomic E-state index is 12.1. The SMILES string of the molecule is CNC(=O)ON=C1SC(C)(CCOC)C(=O)N1C. The summed E-state index contributed by atoms with van der Waals surface area (Å²) >= 11 is 1.26. The number of oxime groups is 1. The maximum Gasteiger partial charge on any atom is 0.433 e. The minimum absolute atomic E-state index is 0.0798. The molecule has 8 heteroatoms. The number of methoxy groups -OCH3 is 1. The highest BCUT2D eigenvalue weighted by Gasteiger charge is 2.46. The number of carbonyl (C=O) groups is 2. The van der Waals surface area contributed by atoms with Crippen molar-refractivity contribution >= 4 is 28.9 Å². The maximum atomic E-state index is 12.1. The number of amides is 2. The molecular formula is C10H17N3O4S. The van der Waals surface area contributed by atoms with Crippen LogP contribution in [0.1, 0.15) is 13.3 Å². The van der Waals surface area contributed by atoms with Gasteiger partial charge in [-0.3, -0.25) is 14.5 Å². The predicted octanol–water partition coefficient (Wildman–Crippen LogP) is 0.614. The highest BCUT2D eigenvalue weighted by Crippen LogP contribution is 2.39. The highest BCUT2D eigenvalue weighted by atomic mass is 32.2. The van der Waals surface area contributed by atoms with Crippen LogP contribution in [0.15, 0.2) is 5.16 Å². The Morgan fingerprint density at radius 1 is 1.61 bits per heavy atom. The lowest BCUT2D eigenvalue weighted by Gasteiger charge is -2.18. The van der Waals surface area contributed by atoms with Crippen molar-refractivity contribution in [1.29, 1.82) is 0 Å². The molecular weight excluding hydrogens is 258 g/mol. The number of ether oxygens (including phenoxy) is 1. The van der Waals surface area contributed by atoms with Crippen molar-refractivity contribution in [2.45, 2.75) is 18.1 Å². The summed E-state index contributed by atoms with van der Waals surface area (Å²) in [7, 11) is 4.61. The zero-order valence-corrected chi connectivity index (χ0v) is 11.7. The predicted molar refractivity (Wildman–Crippen MR) is 68.2 cm³/mol. The molecule has 1 saturated heterocycles. The molecule has 1 unspecified atom stereocenters. The molecule has 1 fully saturated rings. The molecule has 0 aromatic carbocycles. The van der Waals surface area contributed by atoms with Gasteiger partial charge in [-0.1, -0.05) is 11.8 Å². The lowest BCUT2D eigenvalue weighted by molar-refractivity contribution is -0.128. The molecule has 1 N–H and O–H groups in total. The van der Waals surface area contributed by atoms with E-state index in [4.69, 9.17) is 4.74 Å². The Morgan fingerprint density at radius 3 is 2.83 bits per heavy atom. The summed E-state index contributed by atoms with van der Waals surface area (Å²) < 4.78 is 4.35. The summed E-state index contributed by atoms with van der Waals surface area (Å²) in [6.07, 6.45) is -0.106. The normalized spacial score (nSPS) is 25.7. The van der Waals surface area contributed by atoms with Gasteiger partial charge in [0, 0.05) is 27.8 Å². The zero-order chi connectivity index (χ0) is 13.8. The van der Waals surface area contributed by atoms with Crippen molar-refractivity contribution in [1.82, 2.24) is 10.2 Å². The van der Waals surface area contributed by atoms with Crippen molar-refractivity contribution in [3.05, 3.63) is 0 Å². The van der Waals surface area contributed by atoms with E-state index in [9.17, 15) is 9.59 Å². The monoisotopic (exact) mass is 275 g/mol. The van der Waals surface area contributed by atoms with E-state index in [-0.39, 0.29) is 5.91 Å². The highest BCUT2D eigenvalue weighted by molar-refractivity contribution is 8.16. The van der Waals surface area contributed by atoms with Crippen LogP contribution in [0.25, 0.3) is 0 Å². The molecule has 0 radical (unpaired) electrons. The number of rotatable bonds is 4. The van der Waals surface area contributed by atoms with Gasteiger partial charge in [-0.25, -0.2) is 4.79 Å². The molecule has 0 aromatic rings. The lowest BCUT2D eigenvalue weighted by Crippen LogP contribution is -2.36. The largest absolute Gasteiger partial charge is 0.433 e. The van der Waals surface area contributed by atoms with Crippen LogP contribution in [0.2, 0.25) is 0 Å².